The van der Waals surface area contributed by atoms with E-state index in [-0.39, 0.29) is 24.6 Å². The van der Waals surface area contributed by atoms with Crippen LogP contribution in [0, 0.1) is 5.92 Å². The number of halogens is 1. The number of carbonyl (C=O) groups excluding carboxylic acids is 1. The lowest BCUT2D eigenvalue weighted by Gasteiger charge is -2.25. The Labute approximate surface area is 127 Å². The second kappa shape index (κ2) is 7.04. The molecule has 1 aromatic rings. The Balaban J connectivity index is 2.56. The number of hydrogen-bond acceptors (Lipinski definition) is 3. The Kier molecular flexibility index (Phi) is 5.95. The number of rotatable bonds is 6. The smallest absolute Gasteiger partial charge is 0.251 e. The first kappa shape index (κ1) is 16.9. The molecule has 0 saturated carbocycles. The predicted molar refractivity (Wildman–Crippen MR) is 81.5 cm³/mol. The number of nitrogens with one attached hydrogen (secondary N) is 1. The van der Waals surface area contributed by atoms with E-state index in [0.29, 0.717) is 12.3 Å². The largest absolute Gasteiger partial charge is 0.388 e. The first-order valence-electron chi connectivity index (χ1n) is 6.55. The van der Waals surface area contributed by atoms with Crippen molar-refractivity contribution in [3.63, 3.8) is 0 Å². The first-order chi connectivity index (χ1) is 9.19. The highest BCUT2D eigenvalue weighted by atomic mass is 79.9. The van der Waals surface area contributed by atoms with Crippen molar-refractivity contribution < 1.29 is 9.90 Å². The number of pyridine rings is 1. The highest BCUT2D eigenvalue weighted by molar-refractivity contribution is 9.10. The summed E-state index contributed by atoms with van der Waals surface area (Å²) in [5.41, 5.74) is -1.18. The monoisotopic (exact) mass is 344 g/mol. The number of amides is 1. The number of aromatic nitrogens is 1. The Morgan fingerprint density at radius 3 is 2.75 bits per heavy atom. The van der Waals surface area contributed by atoms with E-state index in [1.807, 2.05) is 13.8 Å². The van der Waals surface area contributed by atoms with Crippen LogP contribution in [-0.4, -0.2) is 27.7 Å². The fourth-order valence-corrected chi connectivity index (χ4v) is 2.46. The van der Waals surface area contributed by atoms with Gasteiger partial charge in [0.05, 0.1) is 5.60 Å². The van der Waals surface area contributed by atoms with Crippen molar-refractivity contribution in [1.82, 2.24) is 9.88 Å². The summed E-state index contributed by atoms with van der Waals surface area (Å²) in [5.74, 6) is 0.0452. The molecule has 6 heteroatoms. The van der Waals surface area contributed by atoms with Crippen LogP contribution in [0.25, 0.3) is 0 Å². The van der Waals surface area contributed by atoms with E-state index < -0.39 is 5.60 Å². The number of hydrogen-bond donors (Lipinski definition) is 2. The molecule has 0 radical (unpaired) electrons. The fourth-order valence-electron chi connectivity index (χ4n) is 2.08. The van der Waals surface area contributed by atoms with Crippen LogP contribution in [0.2, 0.25) is 0 Å². The van der Waals surface area contributed by atoms with Crippen LogP contribution in [0.1, 0.15) is 27.2 Å². The van der Waals surface area contributed by atoms with E-state index in [0.717, 1.165) is 4.47 Å². The first-order valence-corrected chi connectivity index (χ1v) is 7.34. The minimum absolute atomic E-state index is 0.0595. The minimum Gasteiger partial charge on any atom is -0.388 e. The molecule has 20 heavy (non-hydrogen) atoms. The summed E-state index contributed by atoms with van der Waals surface area (Å²) in [5, 5.41) is 12.8. The third-order valence-corrected chi connectivity index (χ3v) is 3.24. The van der Waals surface area contributed by atoms with Crippen molar-refractivity contribution in [3.05, 3.63) is 33.2 Å². The molecule has 0 aliphatic rings. The molecule has 0 aliphatic carbocycles. The Bertz CT molecular complexity index is 523. The van der Waals surface area contributed by atoms with Crippen molar-refractivity contribution >= 4 is 21.8 Å². The van der Waals surface area contributed by atoms with Crippen LogP contribution in [0.3, 0.4) is 0 Å². The molecular weight excluding hydrogens is 324 g/mol. The van der Waals surface area contributed by atoms with E-state index in [1.54, 1.807) is 19.2 Å². The molecule has 0 spiro atoms. The second-order valence-corrected chi connectivity index (χ2v) is 6.60. The normalized spacial score (nSPS) is 14.1. The highest BCUT2D eigenvalue weighted by Gasteiger charge is 2.22. The topological polar surface area (TPSA) is 71.3 Å². The van der Waals surface area contributed by atoms with Gasteiger partial charge in [0.25, 0.3) is 5.56 Å². The Morgan fingerprint density at radius 2 is 2.15 bits per heavy atom. The highest BCUT2D eigenvalue weighted by Crippen LogP contribution is 2.14. The van der Waals surface area contributed by atoms with Gasteiger partial charge in [-0.2, -0.15) is 0 Å². The zero-order valence-corrected chi connectivity index (χ0v) is 13.6. The van der Waals surface area contributed by atoms with Gasteiger partial charge in [0.1, 0.15) is 6.54 Å². The van der Waals surface area contributed by atoms with Gasteiger partial charge in [-0.05, 0) is 41.3 Å². The number of carbonyl (C=O) groups is 1. The summed E-state index contributed by atoms with van der Waals surface area (Å²) in [6, 6.07) is 3.02. The molecule has 0 aliphatic heterocycles. The summed E-state index contributed by atoms with van der Waals surface area (Å²) in [6.07, 6.45) is 2.16. The molecule has 1 unspecified atom stereocenters. The van der Waals surface area contributed by atoms with Crippen LogP contribution in [0.5, 0.6) is 0 Å². The maximum Gasteiger partial charge on any atom is 0.251 e. The summed E-state index contributed by atoms with van der Waals surface area (Å²) in [4.78, 5) is 23.4. The van der Waals surface area contributed by atoms with E-state index in [1.165, 1.54) is 10.6 Å². The Hall–Kier alpha value is -1.14. The van der Waals surface area contributed by atoms with Gasteiger partial charge in [-0.25, -0.2) is 0 Å². The molecule has 0 aromatic carbocycles. The van der Waals surface area contributed by atoms with Gasteiger partial charge in [-0.1, -0.05) is 13.8 Å². The van der Waals surface area contributed by atoms with Crippen molar-refractivity contribution in [2.45, 2.75) is 39.3 Å². The summed E-state index contributed by atoms with van der Waals surface area (Å²) in [6.45, 7) is 5.83. The van der Waals surface area contributed by atoms with E-state index in [9.17, 15) is 14.7 Å². The van der Waals surface area contributed by atoms with Gasteiger partial charge in [0, 0.05) is 23.3 Å². The zero-order valence-electron chi connectivity index (χ0n) is 12.0. The third-order valence-electron chi connectivity index (χ3n) is 2.78. The van der Waals surface area contributed by atoms with Gasteiger partial charge in [-0.15, -0.1) is 0 Å². The number of aliphatic hydroxyl groups is 1. The van der Waals surface area contributed by atoms with Crippen LogP contribution in [0.15, 0.2) is 27.6 Å². The predicted octanol–water partition coefficient (Wildman–Crippen LogP) is 1.52. The maximum atomic E-state index is 11.8. The zero-order chi connectivity index (χ0) is 15.3. The Morgan fingerprint density at radius 1 is 1.50 bits per heavy atom. The van der Waals surface area contributed by atoms with Crippen LogP contribution in [0.4, 0.5) is 0 Å². The van der Waals surface area contributed by atoms with Crippen molar-refractivity contribution in [3.8, 4) is 0 Å². The van der Waals surface area contributed by atoms with Crippen molar-refractivity contribution in [2.24, 2.45) is 5.92 Å². The summed E-state index contributed by atoms with van der Waals surface area (Å²) < 4.78 is 2.05. The van der Waals surface area contributed by atoms with Gasteiger partial charge < -0.3 is 15.0 Å². The lowest BCUT2D eigenvalue weighted by molar-refractivity contribution is -0.123. The summed E-state index contributed by atoms with van der Waals surface area (Å²) >= 11 is 3.25. The molecule has 1 heterocycles. The maximum absolute atomic E-state index is 11.8. The average Bonchev–Trinajstić information content (AvgIpc) is 2.30. The van der Waals surface area contributed by atoms with Gasteiger partial charge in [-0.3, -0.25) is 9.59 Å². The SMILES string of the molecule is CC(C)CC(C)(O)CNC(=O)Cn1cc(Br)ccc1=O. The molecule has 2 N–H and O–H groups in total. The average molecular weight is 345 g/mol. The standard InChI is InChI=1S/C14H21BrN2O3/c1-10(2)6-14(3,20)9-16-12(18)8-17-7-11(15)4-5-13(17)19/h4-5,7,10,20H,6,8-9H2,1-3H3,(H,16,18). The van der Waals surface area contributed by atoms with Gasteiger partial charge >= 0.3 is 0 Å². The quantitative estimate of drug-likeness (QED) is 0.821. The molecule has 112 valence electrons. The fraction of sp³-hybridized carbons (Fsp3) is 0.571. The van der Waals surface area contributed by atoms with Crippen LogP contribution >= 0.6 is 15.9 Å². The van der Waals surface area contributed by atoms with Crippen LogP contribution < -0.4 is 10.9 Å². The molecule has 0 saturated heterocycles. The minimum atomic E-state index is -0.938. The van der Waals surface area contributed by atoms with E-state index in [4.69, 9.17) is 0 Å². The lowest BCUT2D eigenvalue weighted by Crippen LogP contribution is -2.43. The molecule has 5 nitrogen and oxygen atoms in total. The van der Waals surface area contributed by atoms with Gasteiger partial charge in [0.15, 0.2) is 0 Å². The summed E-state index contributed by atoms with van der Waals surface area (Å²) in [7, 11) is 0. The number of nitrogens with zero attached hydrogens (tertiary/aromatic N) is 1. The molecule has 1 aromatic heterocycles. The lowest BCUT2D eigenvalue weighted by atomic mass is 9.94. The third kappa shape index (κ3) is 5.88. The van der Waals surface area contributed by atoms with E-state index in [2.05, 4.69) is 21.2 Å². The van der Waals surface area contributed by atoms with Crippen molar-refractivity contribution in [2.75, 3.05) is 6.54 Å². The molecule has 1 amide bonds. The van der Waals surface area contributed by atoms with Crippen LogP contribution in [-0.2, 0) is 11.3 Å². The molecule has 0 fully saturated rings. The second-order valence-electron chi connectivity index (χ2n) is 5.69. The molecule has 1 atom stereocenters. The van der Waals surface area contributed by atoms with Gasteiger partial charge in [0.2, 0.25) is 5.91 Å². The van der Waals surface area contributed by atoms with E-state index >= 15 is 0 Å². The molecule has 1 rings (SSSR count). The van der Waals surface area contributed by atoms with Crippen molar-refractivity contribution in [1.29, 1.82) is 0 Å². The molecule has 0 bridgehead atoms. The molecular formula is C14H21BrN2O3.